The third-order valence-electron chi connectivity index (χ3n) is 4.77. The highest BCUT2D eigenvalue weighted by atomic mass is 19.1. The fraction of sp³-hybridized carbons (Fsp3) is 0.350. The molecule has 1 saturated heterocycles. The van der Waals surface area contributed by atoms with Crippen molar-refractivity contribution in [3.63, 3.8) is 0 Å². The first-order chi connectivity index (χ1) is 12.0. The van der Waals surface area contributed by atoms with Crippen molar-refractivity contribution in [3.8, 4) is 0 Å². The zero-order valence-electron chi connectivity index (χ0n) is 13.9. The van der Waals surface area contributed by atoms with E-state index < -0.39 is 17.7 Å². The number of hydrogen-bond acceptors (Lipinski definition) is 3. The Morgan fingerprint density at radius 1 is 1.12 bits per heavy atom. The second-order valence-corrected chi connectivity index (χ2v) is 6.49. The Morgan fingerprint density at radius 2 is 1.80 bits per heavy atom. The third kappa shape index (κ3) is 4.30. The summed E-state index contributed by atoms with van der Waals surface area (Å²) in [7, 11) is 0. The van der Waals surface area contributed by atoms with Gasteiger partial charge in [-0.15, -0.1) is 0 Å². The predicted octanol–water partition coefficient (Wildman–Crippen LogP) is 3.59. The summed E-state index contributed by atoms with van der Waals surface area (Å²) in [5.74, 6) is -1.91. The van der Waals surface area contributed by atoms with Gasteiger partial charge in [-0.25, -0.2) is 8.78 Å². The van der Waals surface area contributed by atoms with Crippen LogP contribution < -0.4 is 0 Å². The minimum Gasteiger partial charge on any atom is -0.387 e. The monoisotopic (exact) mass is 345 g/mol. The van der Waals surface area contributed by atoms with Gasteiger partial charge in [-0.2, -0.15) is 0 Å². The van der Waals surface area contributed by atoms with Gasteiger partial charge < -0.3 is 10.0 Å². The number of piperidine rings is 1. The van der Waals surface area contributed by atoms with E-state index in [1.807, 2.05) is 30.3 Å². The number of ketones is 1. The molecular formula is C20H21F2NO2. The second-order valence-electron chi connectivity index (χ2n) is 6.49. The van der Waals surface area contributed by atoms with Gasteiger partial charge in [-0.1, -0.05) is 30.3 Å². The highest BCUT2D eigenvalue weighted by molar-refractivity contribution is 5.98. The van der Waals surface area contributed by atoms with Gasteiger partial charge in [0.2, 0.25) is 0 Å². The molecule has 1 unspecified atom stereocenters. The SMILES string of the molecule is O=C(c1cc(F)ccc1F)C1CCN(CC(O)c2ccccc2)CC1. The smallest absolute Gasteiger partial charge is 0.169 e. The molecule has 2 aromatic carbocycles. The molecule has 0 aliphatic carbocycles. The van der Waals surface area contributed by atoms with Crippen LogP contribution in [-0.2, 0) is 0 Å². The summed E-state index contributed by atoms with van der Waals surface area (Å²) < 4.78 is 27.1. The lowest BCUT2D eigenvalue weighted by molar-refractivity contribution is 0.0723. The van der Waals surface area contributed by atoms with Crippen molar-refractivity contribution in [1.82, 2.24) is 4.90 Å². The lowest BCUT2D eigenvalue weighted by Crippen LogP contribution is -2.38. The van der Waals surface area contributed by atoms with Crippen LogP contribution in [0, 0.1) is 17.6 Å². The Kier molecular flexibility index (Phi) is 5.56. The standard InChI is InChI=1S/C20H21F2NO2/c21-16-6-7-18(22)17(12-16)20(25)15-8-10-23(11-9-15)13-19(24)14-4-2-1-3-5-14/h1-7,12,15,19,24H,8-11,13H2. The number of hydrogen-bond donors (Lipinski definition) is 1. The van der Waals surface area contributed by atoms with Gasteiger partial charge in [0.15, 0.2) is 5.78 Å². The van der Waals surface area contributed by atoms with Crippen molar-refractivity contribution in [2.45, 2.75) is 18.9 Å². The average Bonchev–Trinajstić information content (AvgIpc) is 2.64. The van der Waals surface area contributed by atoms with Gasteiger partial charge in [0.05, 0.1) is 11.7 Å². The molecule has 0 aromatic heterocycles. The number of likely N-dealkylation sites (tertiary alicyclic amines) is 1. The van der Waals surface area contributed by atoms with Crippen LogP contribution in [0.4, 0.5) is 8.78 Å². The molecule has 1 aliphatic heterocycles. The summed E-state index contributed by atoms with van der Waals surface area (Å²) in [5.41, 5.74) is 0.699. The zero-order chi connectivity index (χ0) is 17.8. The lowest BCUT2D eigenvalue weighted by atomic mass is 9.88. The molecule has 1 N–H and O–H groups in total. The zero-order valence-corrected chi connectivity index (χ0v) is 13.9. The van der Waals surface area contributed by atoms with Gasteiger partial charge in [0.1, 0.15) is 11.6 Å². The number of halogens is 2. The van der Waals surface area contributed by atoms with E-state index >= 15 is 0 Å². The summed E-state index contributed by atoms with van der Waals surface area (Å²) in [6, 6.07) is 12.4. The number of carbonyl (C=O) groups is 1. The van der Waals surface area contributed by atoms with E-state index in [4.69, 9.17) is 0 Å². The number of Topliss-reactive ketones (excluding diaryl/α,β-unsaturated/α-hetero) is 1. The number of aliphatic hydroxyl groups is 1. The van der Waals surface area contributed by atoms with Crippen LogP contribution >= 0.6 is 0 Å². The van der Waals surface area contributed by atoms with Gasteiger partial charge in [0, 0.05) is 12.5 Å². The number of nitrogens with zero attached hydrogens (tertiary/aromatic N) is 1. The maximum Gasteiger partial charge on any atom is 0.169 e. The summed E-state index contributed by atoms with van der Waals surface area (Å²) >= 11 is 0. The number of carbonyl (C=O) groups excluding carboxylic acids is 1. The quantitative estimate of drug-likeness (QED) is 0.842. The van der Waals surface area contributed by atoms with E-state index in [0.29, 0.717) is 32.5 Å². The van der Waals surface area contributed by atoms with Crippen molar-refractivity contribution < 1.29 is 18.7 Å². The molecule has 3 nitrogen and oxygen atoms in total. The Labute approximate surface area is 145 Å². The van der Waals surface area contributed by atoms with Gasteiger partial charge >= 0.3 is 0 Å². The lowest BCUT2D eigenvalue weighted by Gasteiger charge is -2.32. The van der Waals surface area contributed by atoms with Crippen molar-refractivity contribution in [2.75, 3.05) is 19.6 Å². The Balaban J connectivity index is 1.56. The first kappa shape index (κ1) is 17.7. The topological polar surface area (TPSA) is 40.5 Å². The number of aliphatic hydroxyl groups excluding tert-OH is 1. The number of rotatable bonds is 5. The molecule has 5 heteroatoms. The molecule has 0 spiro atoms. The van der Waals surface area contributed by atoms with E-state index in [0.717, 1.165) is 23.8 Å². The number of benzene rings is 2. The Morgan fingerprint density at radius 3 is 2.48 bits per heavy atom. The van der Waals surface area contributed by atoms with Gasteiger partial charge in [-0.05, 0) is 49.7 Å². The summed E-state index contributed by atoms with van der Waals surface area (Å²) in [6.45, 7) is 1.80. The molecule has 0 saturated carbocycles. The molecular weight excluding hydrogens is 324 g/mol. The minimum absolute atomic E-state index is 0.164. The summed E-state index contributed by atoms with van der Waals surface area (Å²) in [5, 5.41) is 10.3. The average molecular weight is 345 g/mol. The molecule has 0 amide bonds. The Bertz CT molecular complexity index is 728. The van der Waals surface area contributed by atoms with E-state index in [2.05, 4.69) is 4.90 Å². The van der Waals surface area contributed by atoms with E-state index in [1.54, 1.807) is 0 Å². The molecule has 1 aliphatic rings. The maximum atomic E-state index is 13.8. The Hall–Kier alpha value is -2.11. The van der Waals surface area contributed by atoms with Crippen LogP contribution in [0.15, 0.2) is 48.5 Å². The summed E-state index contributed by atoms with van der Waals surface area (Å²) in [6.07, 6.45) is 0.584. The molecule has 25 heavy (non-hydrogen) atoms. The van der Waals surface area contributed by atoms with E-state index in [1.165, 1.54) is 0 Å². The first-order valence-electron chi connectivity index (χ1n) is 8.49. The normalized spacial score (nSPS) is 17.4. The molecule has 0 radical (unpaired) electrons. The molecule has 3 rings (SSSR count). The predicted molar refractivity (Wildman–Crippen MR) is 91.3 cm³/mol. The van der Waals surface area contributed by atoms with Crippen LogP contribution in [-0.4, -0.2) is 35.4 Å². The van der Waals surface area contributed by atoms with Crippen LogP contribution in [0.3, 0.4) is 0 Å². The molecule has 1 atom stereocenters. The van der Waals surface area contributed by atoms with E-state index in [-0.39, 0.29) is 17.3 Å². The highest BCUT2D eigenvalue weighted by Crippen LogP contribution is 2.25. The highest BCUT2D eigenvalue weighted by Gasteiger charge is 2.28. The second kappa shape index (κ2) is 7.85. The fourth-order valence-electron chi connectivity index (χ4n) is 3.31. The van der Waals surface area contributed by atoms with Gasteiger partial charge in [0.25, 0.3) is 0 Å². The number of β-amino-alcohol motifs (C(OH)–C–C–N with tert-alkyl or cyclic N) is 1. The minimum atomic E-state index is -0.673. The van der Waals surface area contributed by atoms with Crippen molar-refractivity contribution in [1.29, 1.82) is 0 Å². The maximum absolute atomic E-state index is 13.8. The van der Waals surface area contributed by atoms with E-state index in [9.17, 15) is 18.7 Å². The molecule has 1 heterocycles. The van der Waals surface area contributed by atoms with Crippen LogP contribution in [0.2, 0.25) is 0 Å². The largest absolute Gasteiger partial charge is 0.387 e. The van der Waals surface area contributed by atoms with Crippen molar-refractivity contribution >= 4 is 5.78 Å². The fourth-order valence-corrected chi connectivity index (χ4v) is 3.31. The van der Waals surface area contributed by atoms with Crippen LogP contribution in [0.1, 0.15) is 34.9 Å². The first-order valence-corrected chi connectivity index (χ1v) is 8.49. The van der Waals surface area contributed by atoms with Crippen molar-refractivity contribution in [3.05, 3.63) is 71.3 Å². The third-order valence-corrected chi connectivity index (χ3v) is 4.77. The van der Waals surface area contributed by atoms with Crippen LogP contribution in [0.25, 0.3) is 0 Å². The molecule has 1 fully saturated rings. The summed E-state index contributed by atoms with van der Waals surface area (Å²) in [4.78, 5) is 14.5. The van der Waals surface area contributed by atoms with Gasteiger partial charge in [-0.3, -0.25) is 4.79 Å². The molecule has 2 aromatic rings. The molecule has 132 valence electrons. The molecule has 0 bridgehead atoms. The van der Waals surface area contributed by atoms with Crippen LogP contribution in [0.5, 0.6) is 0 Å². The van der Waals surface area contributed by atoms with Crippen molar-refractivity contribution in [2.24, 2.45) is 5.92 Å².